The zero-order valence-corrected chi connectivity index (χ0v) is 18.6. The molecular weight excluding hydrogens is 374 g/mol. The molecule has 2 aromatic rings. The third-order valence-corrected chi connectivity index (χ3v) is 7.31. The van der Waals surface area contributed by atoms with E-state index >= 15 is 0 Å². The number of aromatic amines is 1. The number of aliphatic hydroxyl groups is 1. The summed E-state index contributed by atoms with van der Waals surface area (Å²) in [5.74, 6) is 0.210. The molecule has 1 saturated carbocycles. The highest BCUT2D eigenvalue weighted by Crippen LogP contribution is 2.34. The number of aromatic nitrogens is 1. The molecule has 0 radical (unpaired) electrons. The molecule has 2 heterocycles. The largest absolute Gasteiger partial charge is 0.390 e. The van der Waals surface area contributed by atoms with Crippen LogP contribution >= 0.6 is 0 Å². The van der Waals surface area contributed by atoms with E-state index in [9.17, 15) is 9.90 Å². The van der Waals surface area contributed by atoms with Crippen molar-refractivity contribution < 1.29 is 9.90 Å². The minimum absolute atomic E-state index is 0.210. The summed E-state index contributed by atoms with van der Waals surface area (Å²) in [5.41, 5.74) is 3.45. The Bertz CT molecular complexity index is 866. The lowest BCUT2D eigenvalue weighted by atomic mass is 9.92. The van der Waals surface area contributed by atoms with Gasteiger partial charge in [-0.2, -0.15) is 0 Å². The van der Waals surface area contributed by atoms with Gasteiger partial charge in [-0.1, -0.05) is 18.9 Å². The normalized spacial score (nSPS) is 21.5. The third kappa shape index (κ3) is 4.89. The maximum Gasteiger partial charge on any atom is 0.223 e. The Morgan fingerprint density at radius 1 is 1.27 bits per heavy atom. The van der Waals surface area contributed by atoms with Gasteiger partial charge in [0.25, 0.3) is 0 Å². The van der Waals surface area contributed by atoms with Crippen molar-refractivity contribution in [1.82, 2.24) is 14.8 Å². The first-order valence-electron chi connectivity index (χ1n) is 11.7. The zero-order valence-electron chi connectivity index (χ0n) is 18.6. The zero-order chi connectivity index (χ0) is 21.1. The van der Waals surface area contributed by atoms with E-state index in [0.717, 1.165) is 58.0 Å². The molecule has 4 rings (SSSR count). The van der Waals surface area contributed by atoms with Crippen LogP contribution in [0.25, 0.3) is 10.9 Å². The molecule has 30 heavy (non-hydrogen) atoms. The van der Waals surface area contributed by atoms with Crippen molar-refractivity contribution in [1.29, 1.82) is 0 Å². The van der Waals surface area contributed by atoms with Crippen molar-refractivity contribution in [2.45, 2.75) is 75.9 Å². The van der Waals surface area contributed by atoms with E-state index in [4.69, 9.17) is 0 Å². The number of H-pyrrole nitrogens is 1. The average Bonchev–Trinajstić information content (AvgIpc) is 3.46. The molecule has 1 aromatic carbocycles. The molecule has 1 saturated heterocycles. The van der Waals surface area contributed by atoms with Crippen LogP contribution in [0.4, 0.5) is 0 Å². The van der Waals surface area contributed by atoms with Crippen molar-refractivity contribution >= 4 is 16.8 Å². The Balaban J connectivity index is 1.41. The second-order valence-electron chi connectivity index (χ2n) is 9.70. The summed E-state index contributed by atoms with van der Waals surface area (Å²) >= 11 is 0. The number of nitrogens with zero attached hydrogens (tertiary/aromatic N) is 2. The van der Waals surface area contributed by atoms with Gasteiger partial charge in [-0.05, 0) is 74.8 Å². The standard InChI is InChI=1S/C25H37N3O2/c1-27(2)24(29)10-15-28-14-5-6-21(28)17-20-18-26-23-8-7-19(16-22(20)23)9-13-25(30)11-3-4-12-25/h7-8,16,18,21,26,30H,3-6,9-15,17H2,1-2H3/t21-/m1/s1. The summed E-state index contributed by atoms with van der Waals surface area (Å²) in [6.45, 7) is 1.95. The summed E-state index contributed by atoms with van der Waals surface area (Å²) in [4.78, 5) is 19.6. The monoisotopic (exact) mass is 411 g/mol. The number of hydrogen-bond donors (Lipinski definition) is 2. The number of rotatable bonds is 8. The molecule has 1 amide bonds. The third-order valence-electron chi connectivity index (χ3n) is 7.31. The summed E-state index contributed by atoms with van der Waals surface area (Å²) in [5, 5.41) is 12.0. The number of nitrogens with one attached hydrogen (secondary N) is 1. The van der Waals surface area contributed by atoms with Crippen molar-refractivity contribution in [3.8, 4) is 0 Å². The molecule has 2 N–H and O–H groups in total. The van der Waals surface area contributed by atoms with Gasteiger partial charge in [0.2, 0.25) is 5.91 Å². The quantitative estimate of drug-likeness (QED) is 0.693. The van der Waals surface area contributed by atoms with Gasteiger partial charge in [-0.3, -0.25) is 9.69 Å². The summed E-state index contributed by atoms with van der Waals surface area (Å²) < 4.78 is 0. The Morgan fingerprint density at radius 2 is 2.07 bits per heavy atom. The smallest absolute Gasteiger partial charge is 0.223 e. The molecule has 1 aliphatic carbocycles. The maximum absolute atomic E-state index is 12.0. The highest BCUT2D eigenvalue weighted by atomic mass is 16.3. The number of carbonyl (C=O) groups is 1. The van der Waals surface area contributed by atoms with E-state index in [1.54, 1.807) is 4.90 Å². The van der Waals surface area contributed by atoms with Gasteiger partial charge in [0.05, 0.1) is 5.60 Å². The van der Waals surface area contributed by atoms with Crippen LogP contribution in [-0.2, 0) is 17.6 Å². The van der Waals surface area contributed by atoms with Gasteiger partial charge in [0, 0.05) is 50.2 Å². The lowest BCUT2D eigenvalue weighted by Crippen LogP contribution is -2.35. The van der Waals surface area contributed by atoms with Crippen LogP contribution in [-0.4, -0.2) is 64.6 Å². The van der Waals surface area contributed by atoms with Gasteiger partial charge in [0.1, 0.15) is 0 Å². The Kier molecular flexibility index (Phi) is 6.49. The number of carbonyl (C=O) groups excluding carboxylic acids is 1. The van der Waals surface area contributed by atoms with Gasteiger partial charge >= 0.3 is 0 Å². The van der Waals surface area contributed by atoms with Gasteiger partial charge in [-0.15, -0.1) is 0 Å². The second-order valence-corrected chi connectivity index (χ2v) is 9.70. The van der Waals surface area contributed by atoms with E-state index in [1.165, 1.54) is 34.9 Å². The number of benzene rings is 1. The minimum atomic E-state index is -0.440. The molecule has 1 aromatic heterocycles. The first-order valence-corrected chi connectivity index (χ1v) is 11.7. The molecule has 0 spiro atoms. The SMILES string of the molecule is CN(C)C(=O)CCN1CCC[C@@H]1Cc1c[nH]c2ccc(CCC3(O)CCCC3)cc12. The highest BCUT2D eigenvalue weighted by molar-refractivity contribution is 5.84. The first kappa shape index (κ1) is 21.4. The topological polar surface area (TPSA) is 59.6 Å². The number of likely N-dealkylation sites (tertiary alicyclic amines) is 1. The van der Waals surface area contributed by atoms with Crippen LogP contribution < -0.4 is 0 Å². The molecule has 0 unspecified atom stereocenters. The fourth-order valence-corrected chi connectivity index (χ4v) is 5.35. The van der Waals surface area contributed by atoms with Gasteiger partial charge in [0.15, 0.2) is 0 Å². The van der Waals surface area contributed by atoms with Crippen molar-refractivity contribution in [3.05, 3.63) is 35.5 Å². The van der Waals surface area contributed by atoms with Gasteiger partial charge < -0.3 is 15.0 Å². The fourth-order valence-electron chi connectivity index (χ4n) is 5.35. The molecular formula is C25H37N3O2. The number of aryl methyl sites for hydroxylation is 1. The van der Waals surface area contributed by atoms with E-state index in [-0.39, 0.29) is 5.91 Å². The predicted molar refractivity (Wildman–Crippen MR) is 122 cm³/mol. The van der Waals surface area contributed by atoms with Crippen molar-refractivity contribution in [3.63, 3.8) is 0 Å². The molecule has 164 valence electrons. The Labute approximate surface area is 180 Å². The van der Waals surface area contributed by atoms with Gasteiger partial charge in [-0.25, -0.2) is 0 Å². The Morgan fingerprint density at radius 3 is 2.83 bits per heavy atom. The van der Waals surface area contributed by atoms with E-state index in [0.29, 0.717) is 12.5 Å². The van der Waals surface area contributed by atoms with Crippen LogP contribution in [0.2, 0.25) is 0 Å². The molecule has 5 nitrogen and oxygen atoms in total. The van der Waals surface area contributed by atoms with Crippen LogP contribution in [0.15, 0.2) is 24.4 Å². The molecule has 5 heteroatoms. The van der Waals surface area contributed by atoms with E-state index in [1.807, 2.05) is 14.1 Å². The number of amides is 1. The average molecular weight is 412 g/mol. The second kappa shape index (κ2) is 9.11. The summed E-state index contributed by atoms with van der Waals surface area (Å²) in [6.07, 6.45) is 12.3. The van der Waals surface area contributed by atoms with Crippen molar-refractivity contribution in [2.75, 3.05) is 27.2 Å². The highest BCUT2D eigenvalue weighted by Gasteiger charge is 2.30. The molecule has 1 aliphatic heterocycles. The minimum Gasteiger partial charge on any atom is -0.390 e. The lowest BCUT2D eigenvalue weighted by Gasteiger charge is -2.25. The maximum atomic E-state index is 12.0. The van der Waals surface area contributed by atoms with Crippen LogP contribution in [0.3, 0.4) is 0 Å². The van der Waals surface area contributed by atoms with E-state index < -0.39 is 5.60 Å². The van der Waals surface area contributed by atoms with Crippen LogP contribution in [0.1, 0.15) is 62.5 Å². The number of fused-ring (bicyclic) bond motifs is 1. The fraction of sp³-hybridized carbons (Fsp3) is 0.640. The summed E-state index contributed by atoms with van der Waals surface area (Å²) in [7, 11) is 3.66. The Hall–Kier alpha value is -1.85. The first-order chi connectivity index (χ1) is 14.4. The molecule has 2 aliphatic rings. The molecule has 1 atom stereocenters. The van der Waals surface area contributed by atoms with E-state index in [2.05, 4.69) is 34.3 Å². The molecule has 2 fully saturated rings. The molecule has 0 bridgehead atoms. The van der Waals surface area contributed by atoms with Crippen LogP contribution in [0, 0.1) is 0 Å². The summed E-state index contributed by atoms with van der Waals surface area (Å²) in [6, 6.07) is 7.24. The van der Waals surface area contributed by atoms with Crippen LogP contribution in [0.5, 0.6) is 0 Å². The predicted octanol–water partition coefficient (Wildman–Crippen LogP) is 3.89. The van der Waals surface area contributed by atoms with Crippen molar-refractivity contribution in [2.24, 2.45) is 0 Å². The lowest BCUT2D eigenvalue weighted by molar-refractivity contribution is -0.129. The number of hydrogen-bond acceptors (Lipinski definition) is 3.